The number of piperidine rings is 1. The van der Waals surface area contributed by atoms with Crippen LogP contribution in [0.5, 0.6) is 0 Å². The molecule has 0 aromatic heterocycles. The van der Waals surface area contributed by atoms with Gasteiger partial charge in [-0.1, -0.05) is 20.8 Å². The van der Waals surface area contributed by atoms with E-state index in [-0.39, 0.29) is 13.3 Å². The molecule has 2 heterocycles. The van der Waals surface area contributed by atoms with Crippen molar-refractivity contribution in [1.29, 1.82) is 0 Å². The number of likely N-dealkylation sites (tertiary alicyclic amines) is 1. The number of amides is 2. The van der Waals surface area contributed by atoms with Crippen LogP contribution in [0.4, 0.5) is 0 Å². The van der Waals surface area contributed by atoms with Gasteiger partial charge >= 0.3 is 0 Å². The number of nitrogens with one attached hydrogen (secondary N) is 1. The van der Waals surface area contributed by atoms with Crippen LogP contribution in [0.2, 0.25) is 0 Å². The summed E-state index contributed by atoms with van der Waals surface area (Å²) in [4.78, 5) is 31.7. The minimum absolute atomic E-state index is 0. The molecule has 1 unspecified atom stereocenters. The Balaban J connectivity index is 0.00000300. The molecule has 0 radical (unpaired) electrons. The molecule has 1 atom stereocenters. The quantitative estimate of drug-likeness (QED) is 0.719. The third-order valence-electron chi connectivity index (χ3n) is 7.50. The van der Waals surface area contributed by atoms with E-state index in [2.05, 4.69) is 33.9 Å². The van der Waals surface area contributed by atoms with Gasteiger partial charge in [-0.15, -0.1) is 0 Å². The molecule has 2 saturated heterocycles. The Morgan fingerprint density at radius 3 is 2.21 bits per heavy atom. The lowest BCUT2D eigenvalue weighted by Crippen LogP contribution is -2.56. The standard InChI is InChI=1S/C22H40N4O2.H2/c1-4-18(3)21(28)23-19-16-22(17-19)7-10-26(11-8-22)20(27)6-9-25-14-12-24(5-2)13-15-25;/h18-19H,4-17H2,1-3H3,(H,23,28);1H. The molecule has 3 rings (SSSR count). The van der Waals surface area contributed by atoms with Crippen LogP contribution < -0.4 is 5.32 Å². The van der Waals surface area contributed by atoms with Crippen molar-refractivity contribution in [3.63, 3.8) is 0 Å². The van der Waals surface area contributed by atoms with Gasteiger partial charge in [0.05, 0.1) is 0 Å². The third-order valence-corrected chi connectivity index (χ3v) is 7.50. The van der Waals surface area contributed by atoms with E-state index < -0.39 is 0 Å². The summed E-state index contributed by atoms with van der Waals surface area (Å²) in [6, 6.07) is 0.352. The highest BCUT2D eigenvalue weighted by Gasteiger charge is 2.46. The first-order valence-electron chi connectivity index (χ1n) is 11.5. The zero-order chi connectivity index (χ0) is 20.1. The van der Waals surface area contributed by atoms with Gasteiger partial charge in [-0.2, -0.15) is 0 Å². The second kappa shape index (κ2) is 9.57. The van der Waals surface area contributed by atoms with Crippen molar-refractivity contribution in [2.75, 3.05) is 52.4 Å². The third kappa shape index (κ3) is 5.26. The Labute approximate surface area is 172 Å². The summed E-state index contributed by atoms with van der Waals surface area (Å²) in [7, 11) is 0. The van der Waals surface area contributed by atoms with Crippen LogP contribution in [0.15, 0.2) is 0 Å². The summed E-state index contributed by atoms with van der Waals surface area (Å²) >= 11 is 0. The number of hydrogen-bond donors (Lipinski definition) is 1. The van der Waals surface area contributed by atoms with Crippen LogP contribution in [0.25, 0.3) is 0 Å². The maximum atomic E-state index is 12.6. The molecule has 1 spiro atoms. The SMILES string of the molecule is CCC(C)C(=O)NC1CC2(CCN(C(=O)CCN3CCN(CC)CC3)CC2)C1.[HH]. The van der Waals surface area contributed by atoms with Crippen molar-refractivity contribution < 1.29 is 11.0 Å². The van der Waals surface area contributed by atoms with Crippen LogP contribution in [-0.4, -0.2) is 84.9 Å². The summed E-state index contributed by atoms with van der Waals surface area (Å²) in [5.74, 6) is 0.643. The lowest BCUT2D eigenvalue weighted by Gasteiger charge is -2.52. The predicted molar refractivity (Wildman–Crippen MR) is 114 cm³/mol. The van der Waals surface area contributed by atoms with E-state index in [1.165, 1.54) is 0 Å². The fraction of sp³-hybridized carbons (Fsp3) is 0.909. The summed E-state index contributed by atoms with van der Waals surface area (Å²) < 4.78 is 0. The van der Waals surface area contributed by atoms with Crippen LogP contribution in [-0.2, 0) is 9.59 Å². The Bertz CT molecular complexity index is 535. The van der Waals surface area contributed by atoms with Crippen molar-refractivity contribution in [3.05, 3.63) is 0 Å². The first kappa shape index (κ1) is 21.6. The van der Waals surface area contributed by atoms with E-state index in [9.17, 15) is 9.59 Å². The zero-order valence-electron chi connectivity index (χ0n) is 18.2. The van der Waals surface area contributed by atoms with E-state index in [0.717, 1.165) is 84.5 Å². The smallest absolute Gasteiger partial charge is 0.223 e. The fourth-order valence-corrected chi connectivity index (χ4v) is 5.00. The molecule has 6 heteroatoms. The van der Waals surface area contributed by atoms with Gasteiger partial charge in [-0.05, 0) is 44.1 Å². The monoisotopic (exact) mass is 394 g/mol. The number of carbonyl (C=O) groups is 2. The van der Waals surface area contributed by atoms with Gasteiger partial charge in [-0.3, -0.25) is 9.59 Å². The molecule has 162 valence electrons. The first-order chi connectivity index (χ1) is 13.4. The summed E-state index contributed by atoms with van der Waals surface area (Å²) in [5, 5.41) is 3.21. The van der Waals surface area contributed by atoms with Gasteiger partial charge in [0.15, 0.2) is 0 Å². The molecule has 0 aromatic carbocycles. The van der Waals surface area contributed by atoms with Gasteiger partial charge in [0.25, 0.3) is 0 Å². The van der Waals surface area contributed by atoms with Crippen LogP contribution in [0.1, 0.15) is 60.7 Å². The molecule has 0 bridgehead atoms. The highest BCUT2D eigenvalue weighted by molar-refractivity contribution is 5.78. The lowest BCUT2D eigenvalue weighted by molar-refractivity contribution is -0.135. The minimum Gasteiger partial charge on any atom is -0.353 e. The molecule has 3 aliphatic rings. The molecule has 1 aliphatic carbocycles. The molecule has 1 saturated carbocycles. The van der Waals surface area contributed by atoms with Crippen LogP contribution in [0.3, 0.4) is 0 Å². The second-order valence-electron chi connectivity index (χ2n) is 9.33. The fourth-order valence-electron chi connectivity index (χ4n) is 5.00. The van der Waals surface area contributed by atoms with Crippen LogP contribution >= 0.6 is 0 Å². The number of likely N-dealkylation sites (N-methyl/N-ethyl adjacent to an activating group) is 1. The largest absolute Gasteiger partial charge is 0.353 e. The molecule has 3 fully saturated rings. The number of piperazine rings is 1. The van der Waals surface area contributed by atoms with Gasteiger partial charge in [0.1, 0.15) is 0 Å². The summed E-state index contributed by atoms with van der Waals surface area (Å²) in [6.45, 7) is 14.5. The van der Waals surface area contributed by atoms with E-state index in [4.69, 9.17) is 0 Å². The highest BCUT2D eigenvalue weighted by Crippen LogP contribution is 2.49. The van der Waals surface area contributed by atoms with Crippen molar-refractivity contribution in [1.82, 2.24) is 20.0 Å². The zero-order valence-corrected chi connectivity index (χ0v) is 18.2. The van der Waals surface area contributed by atoms with Gasteiger partial charge in [-0.25, -0.2) is 0 Å². The maximum absolute atomic E-state index is 12.6. The molecule has 28 heavy (non-hydrogen) atoms. The van der Waals surface area contributed by atoms with Crippen molar-refractivity contribution in [2.24, 2.45) is 11.3 Å². The molecule has 1 N–H and O–H groups in total. The molecular formula is C22H42N4O2. The Hall–Kier alpha value is -1.14. The summed E-state index contributed by atoms with van der Waals surface area (Å²) in [6.07, 6.45) is 5.95. The highest BCUT2D eigenvalue weighted by atomic mass is 16.2. The van der Waals surface area contributed by atoms with E-state index in [1.54, 1.807) is 0 Å². The normalized spacial score (nSPS) is 24.8. The van der Waals surface area contributed by atoms with E-state index in [1.807, 2.05) is 6.92 Å². The van der Waals surface area contributed by atoms with Crippen molar-refractivity contribution >= 4 is 11.8 Å². The average molecular weight is 395 g/mol. The van der Waals surface area contributed by atoms with Crippen molar-refractivity contribution in [2.45, 2.75) is 65.3 Å². The number of hydrogen-bond acceptors (Lipinski definition) is 4. The molecular weight excluding hydrogens is 352 g/mol. The topological polar surface area (TPSA) is 55.9 Å². The van der Waals surface area contributed by atoms with Gasteiger partial charge < -0.3 is 20.0 Å². The first-order valence-corrected chi connectivity index (χ1v) is 11.5. The molecule has 2 amide bonds. The maximum Gasteiger partial charge on any atom is 0.223 e. The van der Waals surface area contributed by atoms with E-state index >= 15 is 0 Å². The second-order valence-corrected chi connectivity index (χ2v) is 9.33. The Morgan fingerprint density at radius 1 is 1.04 bits per heavy atom. The van der Waals surface area contributed by atoms with Crippen LogP contribution in [0, 0.1) is 11.3 Å². The summed E-state index contributed by atoms with van der Waals surface area (Å²) in [5.41, 5.74) is 0.376. The molecule has 2 aliphatic heterocycles. The number of nitrogens with zero attached hydrogens (tertiary/aromatic N) is 3. The average Bonchev–Trinajstić information content (AvgIpc) is 2.71. The Kier molecular flexibility index (Phi) is 7.37. The number of carbonyl (C=O) groups excluding carboxylic acids is 2. The molecule has 0 aromatic rings. The van der Waals surface area contributed by atoms with Gasteiger partial charge in [0, 0.05) is 65.6 Å². The van der Waals surface area contributed by atoms with E-state index in [0.29, 0.717) is 23.8 Å². The molecule has 6 nitrogen and oxygen atoms in total. The number of rotatable bonds is 7. The Morgan fingerprint density at radius 2 is 1.64 bits per heavy atom. The predicted octanol–water partition coefficient (Wildman–Crippen LogP) is 2.19. The van der Waals surface area contributed by atoms with Gasteiger partial charge in [0.2, 0.25) is 11.8 Å². The minimum atomic E-state index is 0. The van der Waals surface area contributed by atoms with Crippen molar-refractivity contribution in [3.8, 4) is 0 Å². The lowest BCUT2D eigenvalue weighted by atomic mass is 9.60.